The number of rotatable bonds is 5. The zero-order valence-corrected chi connectivity index (χ0v) is 14.5. The Morgan fingerprint density at radius 2 is 1.96 bits per heavy atom. The summed E-state index contributed by atoms with van der Waals surface area (Å²) >= 11 is 0. The van der Waals surface area contributed by atoms with Gasteiger partial charge in [0.1, 0.15) is 0 Å². The van der Waals surface area contributed by atoms with Crippen molar-refractivity contribution in [1.82, 2.24) is 4.90 Å². The number of anilines is 1. The Bertz CT molecular complexity index is 807. The highest BCUT2D eigenvalue weighted by Gasteiger charge is 2.20. The summed E-state index contributed by atoms with van der Waals surface area (Å²) < 4.78 is 10.2. The SMILES string of the molecule is Cc1ccc(C(=O)OCC(=O)N2CCCC2)cc1NC(=O)c1ccco1. The normalized spacial score (nSPS) is 13.5. The molecule has 1 N–H and O–H groups in total. The van der Waals surface area contributed by atoms with E-state index in [-0.39, 0.29) is 23.8 Å². The van der Waals surface area contributed by atoms with E-state index in [0.29, 0.717) is 18.8 Å². The van der Waals surface area contributed by atoms with Crippen LogP contribution < -0.4 is 5.32 Å². The van der Waals surface area contributed by atoms with E-state index < -0.39 is 11.9 Å². The van der Waals surface area contributed by atoms with E-state index in [1.54, 1.807) is 29.2 Å². The van der Waals surface area contributed by atoms with Crippen LogP contribution in [0.3, 0.4) is 0 Å². The molecule has 0 saturated carbocycles. The summed E-state index contributed by atoms with van der Waals surface area (Å²) in [6, 6.07) is 8.00. The molecule has 0 spiro atoms. The summed E-state index contributed by atoms with van der Waals surface area (Å²) in [5.41, 5.74) is 1.53. The minimum atomic E-state index is -0.606. The third kappa shape index (κ3) is 4.11. The van der Waals surface area contributed by atoms with Crippen LogP contribution in [0.1, 0.15) is 39.3 Å². The lowest BCUT2D eigenvalue weighted by Gasteiger charge is -2.15. The molecule has 0 radical (unpaired) electrons. The second kappa shape index (κ2) is 7.86. The summed E-state index contributed by atoms with van der Waals surface area (Å²) in [5.74, 6) is -1.03. The molecule has 1 aliphatic heterocycles. The highest BCUT2D eigenvalue weighted by atomic mass is 16.5. The van der Waals surface area contributed by atoms with Crippen LogP contribution in [0.4, 0.5) is 5.69 Å². The smallest absolute Gasteiger partial charge is 0.338 e. The average Bonchev–Trinajstić information content (AvgIpc) is 3.34. The summed E-state index contributed by atoms with van der Waals surface area (Å²) in [7, 11) is 0. The van der Waals surface area contributed by atoms with E-state index in [1.165, 1.54) is 12.3 Å². The van der Waals surface area contributed by atoms with Gasteiger partial charge in [-0.3, -0.25) is 9.59 Å². The van der Waals surface area contributed by atoms with Gasteiger partial charge in [0.25, 0.3) is 11.8 Å². The van der Waals surface area contributed by atoms with Crippen molar-refractivity contribution in [3.63, 3.8) is 0 Å². The molecule has 136 valence electrons. The number of carbonyl (C=O) groups excluding carboxylic acids is 3. The van der Waals surface area contributed by atoms with Gasteiger partial charge >= 0.3 is 5.97 Å². The van der Waals surface area contributed by atoms with Gasteiger partial charge in [-0.25, -0.2) is 4.79 Å². The van der Waals surface area contributed by atoms with Gasteiger partial charge in [-0.1, -0.05) is 6.07 Å². The van der Waals surface area contributed by atoms with E-state index in [4.69, 9.17) is 9.15 Å². The van der Waals surface area contributed by atoms with Gasteiger partial charge in [-0.2, -0.15) is 0 Å². The number of hydrogen-bond acceptors (Lipinski definition) is 5. The number of furan rings is 1. The Hall–Kier alpha value is -3.09. The number of amides is 2. The van der Waals surface area contributed by atoms with E-state index in [1.807, 2.05) is 6.92 Å². The molecule has 1 aromatic heterocycles. The zero-order chi connectivity index (χ0) is 18.5. The maximum atomic E-state index is 12.2. The number of carbonyl (C=O) groups is 3. The predicted molar refractivity (Wildman–Crippen MR) is 93.9 cm³/mol. The molecule has 2 aromatic rings. The molecule has 0 aliphatic carbocycles. The fourth-order valence-corrected chi connectivity index (χ4v) is 2.74. The Morgan fingerprint density at radius 1 is 1.19 bits per heavy atom. The lowest BCUT2D eigenvalue weighted by molar-refractivity contribution is -0.133. The van der Waals surface area contributed by atoms with Crippen LogP contribution in [0.25, 0.3) is 0 Å². The molecule has 1 aromatic carbocycles. The van der Waals surface area contributed by atoms with Crippen LogP contribution in [-0.2, 0) is 9.53 Å². The van der Waals surface area contributed by atoms with Crippen molar-refractivity contribution in [3.05, 3.63) is 53.5 Å². The second-order valence-corrected chi connectivity index (χ2v) is 6.13. The standard InChI is InChI=1S/C19H20N2O5/c1-13-6-7-14(11-15(13)20-18(23)16-5-4-10-25-16)19(24)26-12-17(22)21-8-2-3-9-21/h4-7,10-11H,2-3,8-9,12H2,1H3,(H,20,23). The fraction of sp³-hybridized carbons (Fsp3) is 0.316. The van der Waals surface area contributed by atoms with Crippen LogP contribution in [-0.4, -0.2) is 42.4 Å². The number of hydrogen-bond donors (Lipinski definition) is 1. The van der Waals surface area contributed by atoms with Crippen molar-refractivity contribution < 1.29 is 23.5 Å². The minimum absolute atomic E-state index is 0.175. The van der Waals surface area contributed by atoms with Gasteiger partial charge in [0.15, 0.2) is 12.4 Å². The highest BCUT2D eigenvalue weighted by molar-refractivity contribution is 6.03. The Kier molecular flexibility index (Phi) is 5.36. The molecular weight excluding hydrogens is 336 g/mol. The summed E-state index contributed by atoms with van der Waals surface area (Å²) in [6.45, 7) is 2.96. The van der Waals surface area contributed by atoms with Gasteiger partial charge in [0.2, 0.25) is 0 Å². The lowest BCUT2D eigenvalue weighted by Crippen LogP contribution is -2.32. The largest absolute Gasteiger partial charge is 0.459 e. The molecule has 1 aliphatic rings. The number of benzene rings is 1. The molecule has 1 fully saturated rings. The fourth-order valence-electron chi connectivity index (χ4n) is 2.74. The minimum Gasteiger partial charge on any atom is -0.459 e. The molecule has 2 heterocycles. The summed E-state index contributed by atoms with van der Waals surface area (Å²) in [6.07, 6.45) is 3.37. The molecule has 3 rings (SSSR count). The molecule has 7 nitrogen and oxygen atoms in total. The van der Waals surface area contributed by atoms with Crippen molar-refractivity contribution in [3.8, 4) is 0 Å². The van der Waals surface area contributed by atoms with Gasteiger partial charge < -0.3 is 19.4 Å². The second-order valence-electron chi connectivity index (χ2n) is 6.13. The number of likely N-dealkylation sites (tertiary alicyclic amines) is 1. The molecule has 0 bridgehead atoms. The molecule has 2 amide bonds. The molecule has 0 unspecified atom stereocenters. The first-order chi connectivity index (χ1) is 12.5. The summed E-state index contributed by atoms with van der Waals surface area (Å²) in [5, 5.41) is 2.70. The first-order valence-electron chi connectivity index (χ1n) is 8.45. The van der Waals surface area contributed by atoms with Crippen LogP contribution >= 0.6 is 0 Å². The summed E-state index contributed by atoms with van der Waals surface area (Å²) in [4.78, 5) is 38.0. The first-order valence-corrected chi connectivity index (χ1v) is 8.45. The van der Waals surface area contributed by atoms with Gasteiger partial charge in [0, 0.05) is 18.8 Å². The van der Waals surface area contributed by atoms with Gasteiger partial charge in [0.05, 0.1) is 11.8 Å². The number of ether oxygens (including phenoxy) is 1. The van der Waals surface area contributed by atoms with Crippen molar-refractivity contribution in [1.29, 1.82) is 0 Å². The lowest BCUT2D eigenvalue weighted by atomic mass is 10.1. The number of nitrogens with one attached hydrogen (secondary N) is 1. The Balaban J connectivity index is 1.63. The topological polar surface area (TPSA) is 88.9 Å². The Morgan fingerprint density at radius 3 is 2.65 bits per heavy atom. The molecule has 1 saturated heterocycles. The third-order valence-corrected chi connectivity index (χ3v) is 4.25. The number of aryl methyl sites for hydroxylation is 1. The van der Waals surface area contributed by atoms with Crippen LogP contribution in [0.5, 0.6) is 0 Å². The number of esters is 1. The predicted octanol–water partition coefficient (Wildman–Crippen LogP) is 2.62. The Labute approximate surface area is 150 Å². The first kappa shape index (κ1) is 17.7. The van der Waals surface area contributed by atoms with Crippen molar-refractivity contribution in [2.45, 2.75) is 19.8 Å². The van der Waals surface area contributed by atoms with Crippen molar-refractivity contribution >= 4 is 23.5 Å². The molecule has 0 atom stereocenters. The maximum Gasteiger partial charge on any atom is 0.338 e. The van der Waals surface area contributed by atoms with E-state index >= 15 is 0 Å². The molecular formula is C19H20N2O5. The van der Waals surface area contributed by atoms with Gasteiger partial charge in [-0.15, -0.1) is 0 Å². The van der Waals surface area contributed by atoms with Crippen molar-refractivity contribution in [2.75, 3.05) is 25.0 Å². The third-order valence-electron chi connectivity index (χ3n) is 4.25. The maximum absolute atomic E-state index is 12.2. The van der Waals surface area contributed by atoms with E-state index in [0.717, 1.165) is 18.4 Å². The van der Waals surface area contributed by atoms with Crippen molar-refractivity contribution in [2.24, 2.45) is 0 Å². The molecule has 26 heavy (non-hydrogen) atoms. The van der Waals surface area contributed by atoms with Crippen LogP contribution in [0.15, 0.2) is 41.0 Å². The molecule has 7 heteroatoms. The zero-order valence-electron chi connectivity index (χ0n) is 14.5. The van der Waals surface area contributed by atoms with Crippen LogP contribution in [0.2, 0.25) is 0 Å². The monoisotopic (exact) mass is 356 g/mol. The van der Waals surface area contributed by atoms with E-state index in [2.05, 4.69) is 5.32 Å². The highest BCUT2D eigenvalue weighted by Crippen LogP contribution is 2.19. The quantitative estimate of drug-likeness (QED) is 0.832. The number of nitrogens with zero attached hydrogens (tertiary/aromatic N) is 1. The average molecular weight is 356 g/mol. The van der Waals surface area contributed by atoms with E-state index in [9.17, 15) is 14.4 Å². The van der Waals surface area contributed by atoms with Gasteiger partial charge in [-0.05, 0) is 49.6 Å². The van der Waals surface area contributed by atoms with Crippen LogP contribution in [0, 0.1) is 6.92 Å².